The molecule has 170 valence electrons. The van der Waals surface area contributed by atoms with Gasteiger partial charge in [-0.3, -0.25) is 9.79 Å². The lowest BCUT2D eigenvalue weighted by Crippen LogP contribution is -2.37. The summed E-state index contributed by atoms with van der Waals surface area (Å²) in [6.07, 6.45) is 0.935. The monoisotopic (exact) mass is 471 g/mol. The topological polar surface area (TPSA) is 78.8 Å². The van der Waals surface area contributed by atoms with Gasteiger partial charge in [0.15, 0.2) is 15.0 Å². The second-order valence-electron chi connectivity index (χ2n) is 8.64. The van der Waals surface area contributed by atoms with Crippen molar-refractivity contribution in [2.45, 2.75) is 45.4 Å². The number of amidine groups is 1. The van der Waals surface area contributed by atoms with E-state index in [0.29, 0.717) is 5.17 Å². The Morgan fingerprint density at radius 3 is 2.38 bits per heavy atom. The summed E-state index contributed by atoms with van der Waals surface area (Å²) in [5.41, 5.74) is 6.15. The van der Waals surface area contributed by atoms with Crippen molar-refractivity contribution in [2.75, 3.05) is 28.3 Å². The maximum Gasteiger partial charge on any atom is 0.244 e. The molecule has 8 heteroatoms. The van der Waals surface area contributed by atoms with Crippen LogP contribution in [0.2, 0.25) is 0 Å². The molecule has 1 N–H and O–H groups in total. The number of hydrogen-bond acceptors (Lipinski definition) is 6. The van der Waals surface area contributed by atoms with Crippen LogP contribution in [0, 0.1) is 20.8 Å². The fourth-order valence-corrected chi connectivity index (χ4v) is 8.13. The van der Waals surface area contributed by atoms with E-state index in [9.17, 15) is 13.2 Å². The number of sulfone groups is 1. The molecule has 4 rings (SSSR count). The summed E-state index contributed by atoms with van der Waals surface area (Å²) < 4.78 is 23.9. The Kier molecular flexibility index (Phi) is 6.36. The van der Waals surface area contributed by atoms with Crippen molar-refractivity contribution in [3.05, 3.63) is 58.7 Å². The molecule has 0 radical (unpaired) electrons. The maximum atomic E-state index is 13.1. The van der Waals surface area contributed by atoms with Gasteiger partial charge < -0.3 is 10.2 Å². The number of aliphatic imine (C=N–C) groups is 1. The van der Waals surface area contributed by atoms with Crippen molar-refractivity contribution in [2.24, 2.45) is 4.99 Å². The molecule has 0 bridgehead atoms. The summed E-state index contributed by atoms with van der Waals surface area (Å²) in [6, 6.07) is 12.0. The van der Waals surface area contributed by atoms with E-state index in [1.54, 1.807) is 0 Å². The van der Waals surface area contributed by atoms with Crippen molar-refractivity contribution >= 4 is 44.0 Å². The Balaban J connectivity index is 1.59. The Hall–Kier alpha value is -2.32. The first kappa shape index (κ1) is 22.9. The number of thioether (sulfide) groups is 1. The predicted octanol–water partition coefficient (Wildman–Crippen LogP) is 3.89. The average molecular weight is 472 g/mol. The molecule has 2 atom stereocenters. The molecule has 6 nitrogen and oxygen atoms in total. The number of hydrogen-bond donors (Lipinski definition) is 1. The molecule has 2 heterocycles. The van der Waals surface area contributed by atoms with Crippen molar-refractivity contribution in [3.8, 4) is 0 Å². The summed E-state index contributed by atoms with van der Waals surface area (Å²) in [5, 5.41) is 3.72. The van der Waals surface area contributed by atoms with Gasteiger partial charge in [-0.15, -0.1) is 0 Å². The zero-order valence-corrected chi connectivity index (χ0v) is 20.5. The summed E-state index contributed by atoms with van der Waals surface area (Å²) in [5.74, 6) is 0.101. The van der Waals surface area contributed by atoms with Gasteiger partial charge in [-0.1, -0.05) is 48.5 Å². The van der Waals surface area contributed by atoms with Crippen LogP contribution in [-0.2, 0) is 21.1 Å². The molecule has 32 heavy (non-hydrogen) atoms. The third-order valence-electron chi connectivity index (χ3n) is 5.94. The molecule has 1 saturated heterocycles. The van der Waals surface area contributed by atoms with Crippen LogP contribution in [0.15, 0.2) is 41.4 Å². The van der Waals surface area contributed by atoms with Gasteiger partial charge in [-0.25, -0.2) is 8.42 Å². The van der Waals surface area contributed by atoms with Crippen molar-refractivity contribution < 1.29 is 13.2 Å². The maximum absolute atomic E-state index is 13.1. The number of anilines is 2. The van der Waals surface area contributed by atoms with E-state index >= 15 is 0 Å². The summed E-state index contributed by atoms with van der Waals surface area (Å²) >= 11 is 1.47. The van der Waals surface area contributed by atoms with Crippen LogP contribution < -0.4 is 10.2 Å². The molecular formula is C24H29N3O3S2. The molecule has 2 aromatic carbocycles. The third-order valence-corrected chi connectivity index (χ3v) is 9.18. The van der Waals surface area contributed by atoms with Gasteiger partial charge in [0, 0.05) is 16.6 Å². The lowest BCUT2D eigenvalue weighted by molar-refractivity contribution is -0.114. The average Bonchev–Trinajstić information content (AvgIpc) is 3.22. The first-order valence-electron chi connectivity index (χ1n) is 10.8. The minimum atomic E-state index is -3.03. The summed E-state index contributed by atoms with van der Waals surface area (Å²) in [4.78, 5) is 19.7. The van der Waals surface area contributed by atoms with Gasteiger partial charge >= 0.3 is 0 Å². The predicted molar refractivity (Wildman–Crippen MR) is 134 cm³/mol. The van der Waals surface area contributed by atoms with Crippen LogP contribution in [0.4, 0.5) is 11.4 Å². The highest BCUT2D eigenvalue weighted by atomic mass is 32.2. The van der Waals surface area contributed by atoms with E-state index < -0.39 is 9.84 Å². The molecule has 0 aliphatic carbocycles. The van der Waals surface area contributed by atoms with Gasteiger partial charge in [0.2, 0.25) is 5.91 Å². The molecule has 0 spiro atoms. The SMILES string of the molecule is CCc1ccc(N(CC(=O)Nc2c(C)cc(C)cc2C)C2=N[C@H]3CS(=O)(=O)C[C@@H]3S2)cc1. The smallest absolute Gasteiger partial charge is 0.244 e. The minimum Gasteiger partial charge on any atom is -0.324 e. The number of nitrogens with zero attached hydrogens (tertiary/aromatic N) is 2. The summed E-state index contributed by atoms with van der Waals surface area (Å²) in [6.45, 7) is 8.24. The molecule has 2 aliphatic heterocycles. The van der Waals surface area contributed by atoms with E-state index in [1.165, 1.54) is 17.3 Å². The first-order valence-corrected chi connectivity index (χ1v) is 13.5. The lowest BCUT2D eigenvalue weighted by atomic mass is 10.1. The number of amides is 1. The van der Waals surface area contributed by atoms with Crippen LogP contribution in [0.1, 0.15) is 29.2 Å². The zero-order valence-electron chi connectivity index (χ0n) is 18.9. The van der Waals surface area contributed by atoms with Gasteiger partial charge in [0.05, 0.1) is 17.5 Å². The quantitative estimate of drug-likeness (QED) is 0.716. The normalized spacial score (nSPS) is 21.2. The first-order chi connectivity index (χ1) is 15.1. The van der Waals surface area contributed by atoms with Crippen molar-refractivity contribution in [3.63, 3.8) is 0 Å². The molecule has 0 unspecified atom stereocenters. The number of benzene rings is 2. The fraction of sp³-hybridized carbons (Fsp3) is 0.417. The number of carbonyl (C=O) groups excluding carboxylic acids is 1. The molecule has 2 aromatic rings. The molecular weight excluding hydrogens is 442 g/mol. The van der Waals surface area contributed by atoms with Crippen molar-refractivity contribution in [1.29, 1.82) is 0 Å². The van der Waals surface area contributed by atoms with Gasteiger partial charge in [-0.05, 0) is 56.0 Å². The van der Waals surface area contributed by atoms with E-state index in [4.69, 9.17) is 4.99 Å². The minimum absolute atomic E-state index is 0.0722. The Morgan fingerprint density at radius 1 is 1.12 bits per heavy atom. The molecule has 0 saturated carbocycles. The molecule has 1 fully saturated rings. The fourth-order valence-electron chi connectivity index (χ4n) is 4.35. The standard InChI is InChI=1S/C24H29N3O3S2/c1-5-18-6-8-19(9-7-18)27(24-25-20-13-32(29,30)14-21(20)31-24)12-22(28)26-23-16(3)10-15(2)11-17(23)4/h6-11,20-21H,5,12-14H2,1-4H3,(H,26,28)/t20-,21-/m0/s1. The Labute approximate surface area is 194 Å². The second-order valence-corrected chi connectivity index (χ2v) is 12.0. The third kappa shape index (κ3) is 4.86. The highest BCUT2D eigenvalue weighted by molar-refractivity contribution is 8.15. The van der Waals surface area contributed by atoms with Gasteiger partial charge in [0.25, 0.3) is 0 Å². The highest BCUT2D eigenvalue weighted by Gasteiger charge is 2.44. The van der Waals surface area contributed by atoms with Crippen molar-refractivity contribution in [1.82, 2.24) is 0 Å². The highest BCUT2D eigenvalue weighted by Crippen LogP contribution is 2.37. The largest absolute Gasteiger partial charge is 0.324 e. The summed E-state index contributed by atoms with van der Waals surface area (Å²) in [7, 11) is -3.03. The van der Waals surface area contributed by atoms with E-state index in [0.717, 1.165) is 34.5 Å². The van der Waals surface area contributed by atoms with Crippen LogP contribution in [0.3, 0.4) is 0 Å². The van der Waals surface area contributed by atoms with E-state index in [1.807, 2.05) is 37.8 Å². The Bertz CT molecular complexity index is 1150. The molecule has 0 aromatic heterocycles. The Morgan fingerprint density at radius 2 is 1.78 bits per heavy atom. The van der Waals surface area contributed by atoms with Crippen LogP contribution in [-0.4, -0.2) is 48.8 Å². The number of nitrogens with one attached hydrogen (secondary N) is 1. The van der Waals surface area contributed by atoms with Crippen LogP contribution in [0.25, 0.3) is 0 Å². The zero-order chi connectivity index (χ0) is 23.0. The number of fused-ring (bicyclic) bond motifs is 1. The van der Waals surface area contributed by atoms with Gasteiger partial charge in [-0.2, -0.15) is 0 Å². The van der Waals surface area contributed by atoms with Gasteiger partial charge in [0.1, 0.15) is 6.54 Å². The number of aryl methyl sites for hydroxylation is 4. The van der Waals surface area contributed by atoms with E-state index in [2.05, 4.69) is 36.5 Å². The molecule has 1 amide bonds. The van der Waals surface area contributed by atoms with Crippen LogP contribution >= 0.6 is 11.8 Å². The number of rotatable bonds is 5. The van der Waals surface area contributed by atoms with E-state index in [-0.39, 0.29) is 35.2 Å². The molecule has 2 aliphatic rings. The van der Waals surface area contributed by atoms with Crippen LogP contribution in [0.5, 0.6) is 0 Å². The lowest BCUT2D eigenvalue weighted by Gasteiger charge is -2.25. The number of carbonyl (C=O) groups is 1. The second kappa shape index (κ2) is 8.90.